The van der Waals surface area contributed by atoms with E-state index in [0.717, 1.165) is 4.90 Å². The quantitative estimate of drug-likeness (QED) is 0.827. The minimum Gasteiger partial charge on any atom is -0.371 e. The second kappa shape index (κ2) is 7.95. The number of hydrogen-bond acceptors (Lipinski definition) is 4. The number of halogens is 3. The number of fused-ring (bicyclic) bond motifs is 1. The Hall–Kier alpha value is -2.13. The van der Waals surface area contributed by atoms with Crippen LogP contribution in [-0.2, 0) is 14.3 Å². The van der Waals surface area contributed by atoms with Gasteiger partial charge >= 0.3 is 6.18 Å². The van der Waals surface area contributed by atoms with Crippen LogP contribution in [0.15, 0.2) is 24.3 Å². The standard InChI is InChI=1S/C20H26F3N3O3/c1-19(2,3)29-13-8-9-25(11-13)12-18(28)26-15-7-5-4-6-14(15)24-17(27)10-16(26)20(21,22)23/h4-7,13,16H,8-12H2,1-3H3,(H,24,27)/t13-,16?/m0/s1. The number of amides is 2. The molecule has 9 heteroatoms. The zero-order chi connectivity index (χ0) is 21.4. The molecule has 29 heavy (non-hydrogen) atoms. The number of carbonyl (C=O) groups excluding carboxylic acids is 2. The van der Waals surface area contributed by atoms with Crippen LogP contribution < -0.4 is 10.2 Å². The van der Waals surface area contributed by atoms with E-state index in [1.807, 2.05) is 20.8 Å². The summed E-state index contributed by atoms with van der Waals surface area (Å²) in [7, 11) is 0. The number of nitrogens with zero attached hydrogens (tertiary/aromatic N) is 2. The number of rotatable bonds is 3. The monoisotopic (exact) mass is 413 g/mol. The minimum atomic E-state index is -4.73. The molecule has 1 unspecified atom stereocenters. The molecule has 2 atom stereocenters. The van der Waals surface area contributed by atoms with E-state index in [-0.39, 0.29) is 29.6 Å². The molecule has 0 spiro atoms. The highest BCUT2D eigenvalue weighted by Crippen LogP contribution is 2.37. The van der Waals surface area contributed by atoms with Gasteiger partial charge in [0, 0.05) is 13.1 Å². The zero-order valence-corrected chi connectivity index (χ0v) is 16.8. The average Bonchev–Trinajstić information content (AvgIpc) is 2.92. The molecular formula is C20H26F3N3O3. The minimum absolute atomic E-state index is 0.0624. The second-order valence-corrected chi connectivity index (χ2v) is 8.47. The number of alkyl halides is 3. The number of benzene rings is 1. The molecule has 1 N–H and O–H groups in total. The first-order chi connectivity index (χ1) is 13.4. The van der Waals surface area contributed by atoms with Gasteiger partial charge in [0.25, 0.3) is 0 Å². The summed E-state index contributed by atoms with van der Waals surface area (Å²) in [5, 5.41) is 2.47. The molecule has 0 bridgehead atoms. The number of para-hydroxylation sites is 2. The van der Waals surface area contributed by atoms with E-state index >= 15 is 0 Å². The molecule has 1 aromatic carbocycles. The molecule has 2 aliphatic rings. The number of carbonyl (C=O) groups is 2. The fourth-order valence-corrected chi connectivity index (χ4v) is 3.80. The first-order valence-corrected chi connectivity index (χ1v) is 9.62. The van der Waals surface area contributed by atoms with E-state index < -0.39 is 30.5 Å². The third-order valence-corrected chi connectivity index (χ3v) is 4.88. The smallest absolute Gasteiger partial charge is 0.371 e. The van der Waals surface area contributed by atoms with Crippen LogP contribution in [0.5, 0.6) is 0 Å². The maximum atomic E-state index is 13.8. The lowest BCUT2D eigenvalue weighted by Crippen LogP contribution is -2.52. The van der Waals surface area contributed by atoms with E-state index in [2.05, 4.69) is 5.32 Å². The van der Waals surface area contributed by atoms with Crippen LogP contribution in [0.25, 0.3) is 0 Å². The summed E-state index contributed by atoms with van der Waals surface area (Å²) in [6.07, 6.45) is -4.92. The van der Waals surface area contributed by atoms with E-state index in [9.17, 15) is 22.8 Å². The van der Waals surface area contributed by atoms with Crippen molar-refractivity contribution in [3.63, 3.8) is 0 Å². The van der Waals surface area contributed by atoms with Gasteiger partial charge in [-0.05, 0) is 39.3 Å². The summed E-state index contributed by atoms with van der Waals surface area (Å²) in [6.45, 7) is 6.69. The Morgan fingerprint density at radius 2 is 1.93 bits per heavy atom. The molecule has 160 valence electrons. The molecule has 1 aromatic rings. The predicted octanol–water partition coefficient (Wildman–Crippen LogP) is 3.18. The molecule has 2 heterocycles. The van der Waals surface area contributed by atoms with Crippen LogP contribution >= 0.6 is 0 Å². The molecule has 1 fully saturated rings. The van der Waals surface area contributed by atoms with Gasteiger partial charge in [-0.1, -0.05) is 12.1 Å². The zero-order valence-electron chi connectivity index (χ0n) is 16.8. The Morgan fingerprint density at radius 1 is 1.24 bits per heavy atom. The Labute approximate surface area is 168 Å². The lowest BCUT2D eigenvalue weighted by atomic mass is 10.1. The molecule has 0 saturated carbocycles. The van der Waals surface area contributed by atoms with Crippen LogP contribution in [-0.4, -0.2) is 60.3 Å². The fraction of sp³-hybridized carbons (Fsp3) is 0.600. The molecule has 0 radical (unpaired) electrons. The average molecular weight is 413 g/mol. The van der Waals surface area contributed by atoms with Gasteiger partial charge in [0.1, 0.15) is 6.04 Å². The van der Waals surface area contributed by atoms with Gasteiger partial charge in [0.05, 0.1) is 36.0 Å². The van der Waals surface area contributed by atoms with Crippen molar-refractivity contribution in [3.05, 3.63) is 24.3 Å². The second-order valence-electron chi connectivity index (χ2n) is 8.47. The number of nitrogens with one attached hydrogen (secondary N) is 1. The van der Waals surface area contributed by atoms with E-state index in [0.29, 0.717) is 19.5 Å². The van der Waals surface area contributed by atoms with Crippen LogP contribution in [0.2, 0.25) is 0 Å². The predicted molar refractivity (Wildman–Crippen MR) is 103 cm³/mol. The highest BCUT2D eigenvalue weighted by Gasteiger charge is 2.49. The van der Waals surface area contributed by atoms with Crippen LogP contribution in [0.3, 0.4) is 0 Å². The van der Waals surface area contributed by atoms with Gasteiger partial charge in [0.2, 0.25) is 11.8 Å². The Morgan fingerprint density at radius 3 is 2.59 bits per heavy atom. The number of ether oxygens (including phenoxy) is 1. The molecular weight excluding hydrogens is 387 g/mol. The Kier molecular flexibility index (Phi) is 5.91. The van der Waals surface area contributed by atoms with Crippen molar-refractivity contribution in [2.45, 2.75) is 57.5 Å². The lowest BCUT2D eigenvalue weighted by molar-refractivity contribution is -0.158. The highest BCUT2D eigenvalue weighted by molar-refractivity contribution is 6.05. The van der Waals surface area contributed by atoms with Crippen LogP contribution in [0.1, 0.15) is 33.6 Å². The summed E-state index contributed by atoms with van der Waals surface area (Å²) < 4.78 is 47.2. The van der Waals surface area contributed by atoms with E-state index in [1.165, 1.54) is 12.1 Å². The normalized spacial score (nSPS) is 23.5. The van der Waals surface area contributed by atoms with Crippen molar-refractivity contribution in [1.29, 1.82) is 0 Å². The first kappa shape index (κ1) is 21.6. The molecule has 6 nitrogen and oxygen atoms in total. The van der Waals surface area contributed by atoms with Gasteiger partial charge in [0.15, 0.2) is 0 Å². The maximum Gasteiger partial charge on any atom is 0.409 e. The summed E-state index contributed by atoms with van der Waals surface area (Å²) in [4.78, 5) is 27.6. The van der Waals surface area contributed by atoms with Crippen molar-refractivity contribution in [2.75, 3.05) is 29.9 Å². The highest BCUT2D eigenvalue weighted by atomic mass is 19.4. The summed E-state index contributed by atoms with van der Waals surface area (Å²) in [5.41, 5.74) is -0.0673. The third kappa shape index (κ3) is 5.27. The SMILES string of the molecule is CC(C)(C)O[C@H]1CCN(CC(=O)N2c3ccccc3NC(=O)CC2C(F)(F)F)C1. The van der Waals surface area contributed by atoms with Crippen LogP contribution in [0, 0.1) is 0 Å². The van der Waals surface area contributed by atoms with Crippen molar-refractivity contribution < 1.29 is 27.5 Å². The van der Waals surface area contributed by atoms with E-state index in [1.54, 1.807) is 17.0 Å². The fourth-order valence-electron chi connectivity index (χ4n) is 3.80. The summed E-state index contributed by atoms with van der Waals surface area (Å²) in [6, 6.07) is 3.86. The lowest BCUT2D eigenvalue weighted by Gasteiger charge is -2.33. The number of likely N-dealkylation sites (tertiary alicyclic amines) is 1. The Bertz CT molecular complexity index is 776. The van der Waals surface area contributed by atoms with Crippen molar-refractivity contribution in [1.82, 2.24) is 4.90 Å². The molecule has 1 saturated heterocycles. The van der Waals surface area contributed by atoms with Gasteiger partial charge in [-0.3, -0.25) is 19.4 Å². The third-order valence-electron chi connectivity index (χ3n) is 4.88. The van der Waals surface area contributed by atoms with Crippen LogP contribution in [0.4, 0.5) is 24.5 Å². The maximum absolute atomic E-state index is 13.8. The molecule has 3 rings (SSSR count). The van der Waals surface area contributed by atoms with Crippen molar-refractivity contribution in [2.24, 2.45) is 0 Å². The largest absolute Gasteiger partial charge is 0.409 e. The van der Waals surface area contributed by atoms with Gasteiger partial charge in [-0.15, -0.1) is 0 Å². The number of hydrogen-bond donors (Lipinski definition) is 1. The Balaban J connectivity index is 1.82. The van der Waals surface area contributed by atoms with Crippen molar-refractivity contribution in [3.8, 4) is 0 Å². The molecule has 2 aliphatic heterocycles. The van der Waals surface area contributed by atoms with Gasteiger partial charge < -0.3 is 10.1 Å². The molecule has 2 amide bonds. The summed E-state index contributed by atoms with van der Waals surface area (Å²) in [5.74, 6) is -1.46. The summed E-state index contributed by atoms with van der Waals surface area (Å²) >= 11 is 0. The molecule has 0 aliphatic carbocycles. The number of anilines is 2. The van der Waals surface area contributed by atoms with Gasteiger partial charge in [-0.2, -0.15) is 13.2 Å². The van der Waals surface area contributed by atoms with Crippen molar-refractivity contribution >= 4 is 23.2 Å². The first-order valence-electron chi connectivity index (χ1n) is 9.62. The van der Waals surface area contributed by atoms with Gasteiger partial charge in [-0.25, -0.2) is 0 Å². The molecule has 0 aromatic heterocycles. The topological polar surface area (TPSA) is 61.9 Å². The van der Waals surface area contributed by atoms with E-state index in [4.69, 9.17) is 4.74 Å².